The smallest absolute Gasteiger partial charge is 0.283 e. The molecule has 0 spiro atoms. The number of halogens is 1. The molecule has 3 rings (SSSR count). The van der Waals surface area contributed by atoms with E-state index in [4.69, 9.17) is 21.1 Å². The van der Waals surface area contributed by atoms with Gasteiger partial charge in [0, 0.05) is 23.2 Å². The number of rotatable bonds is 4. The fourth-order valence-corrected chi connectivity index (χ4v) is 3.60. The van der Waals surface area contributed by atoms with Crippen LogP contribution in [-0.2, 0) is 11.3 Å². The summed E-state index contributed by atoms with van der Waals surface area (Å²) in [6.45, 7) is 1.52. The Kier molecular flexibility index (Phi) is 5.71. The van der Waals surface area contributed by atoms with E-state index in [0.29, 0.717) is 27.7 Å². The summed E-state index contributed by atoms with van der Waals surface area (Å²) in [7, 11) is 1.52. The van der Waals surface area contributed by atoms with Crippen LogP contribution in [0.1, 0.15) is 29.6 Å². The number of thiazole rings is 1. The van der Waals surface area contributed by atoms with Crippen LogP contribution < -0.4 is 9.54 Å². The summed E-state index contributed by atoms with van der Waals surface area (Å²) in [6.07, 6.45) is 5.46. The van der Waals surface area contributed by atoms with E-state index in [1.807, 2.05) is 16.1 Å². The van der Waals surface area contributed by atoms with Crippen LogP contribution in [0, 0.1) is 0 Å². The third-order valence-corrected chi connectivity index (χ3v) is 4.95. The van der Waals surface area contributed by atoms with E-state index in [1.165, 1.54) is 24.9 Å². The standard InChI is InChI=1S/C17H19ClN2O3S/c1-22-15-6-5-12(18)10-14(15)16(21)19-17-20(7-9-24-17)11-13-4-2-3-8-23-13/h5-7,9-10,13H,2-4,8,11H2,1H3. The zero-order chi connectivity index (χ0) is 16.9. The first kappa shape index (κ1) is 17.2. The SMILES string of the molecule is COc1ccc(Cl)cc1C(=O)N=c1sccn1CC1CCCCO1. The first-order chi connectivity index (χ1) is 11.7. The number of hydrogen-bond donors (Lipinski definition) is 0. The van der Waals surface area contributed by atoms with Crippen molar-refractivity contribution < 1.29 is 14.3 Å². The van der Waals surface area contributed by atoms with Crippen LogP contribution in [0.2, 0.25) is 5.02 Å². The molecule has 0 aliphatic carbocycles. The minimum atomic E-state index is -0.366. The number of benzene rings is 1. The van der Waals surface area contributed by atoms with Crippen molar-refractivity contribution in [1.29, 1.82) is 0 Å². The molecule has 0 N–H and O–H groups in total. The maximum absolute atomic E-state index is 12.5. The quantitative estimate of drug-likeness (QED) is 0.831. The van der Waals surface area contributed by atoms with E-state index in [0.717, 1.165) is 19.4 Å². The second kappa shape index (κ2) is 7.96. The Morgan fingerprint density at radius 2 is 2.38 bits per heavy atom. The average Bonchev–Trinajstić information content (AvgIpc) is 3.02. The number of amides is 1. The van der Waals surface area contributed by atoms with Gasteiger partial charge in [-0.1, -0.05) is 11.6 Å². The highest BCUT2D eigenvalue weighted by Crippen LogP contribution is 2.23. The van der Waals surface area contributed by atoms with Crippen LogP contribution in [0.4, 0.5) is 0 Å². The van der Waals surface area contributed by atoms with Gasteiger partial charge in [-0.15, -0.1) is 11.3 Å². The summed E-state index contributed by atoms with van der Waals surface area (Å²) in [5, 5.41) is 2.40. The predicted molar refractivity (Wildman–Crippen MR) is 93.8 cm³/mol. The molecule has 1 amide bonds. The third-order valence-electron chi connectivity index (χ3n) is 3.92. The van der Waals surface area contributed by atoms with Crippen molar-refractivity contribution in [2.45, 2.75) is 31.9 Å². The topological polar surface area (TPSA) is 52.8 Å². The van der Waals surface area contributed by atoms with Crippen molar-refractivity contribution in [2.24, 2.45) is 4.99 Å². The maximum Gasteiger partial charge on any atom is 0.283 e. The van der Waals surface area contributed by atoms with Crippen molar-refractivity contribution in [3.8, 4) is 5.75 Å². The minimum absolute atomic E-state index is 0.183. The molecule has 1 aromatic carbocycles. The highest BCUT2D eigenvalue weighted by molar-refractivity contribution is 7.07. The van der Waals surface area contributed by atoms with Gasteiger partial charge >= 0.3 is 0 Å². The summed E-state index contributed by atoms with van der Waals surface area (Å²) < 4.78 is 13.0. The molecule has 1 atom stereocenters. The Morgan fingerprint density at radius 3 is 3.12 bits per heavy atom. The second-order valence-corrected chi connectivity index (χ2v) is 6.90. The van der Waals surface area contributed by atoms with Gasteiger partial charge in [-0.25, -0.2) is 0 Å². The molecule has 0 saturated carbocycles. The van der Waals surface area contributed by atoms with Crippen LogP contribution in [0.15, 0.2) is 34.8 Å². The summed E-state index contributed by atoms with van der Waals surface area (Å²) in [5.41, 5.74) is 0.360. The van der Waals surface area contributed by atoms with Gasteiger partial charge in [-0.3, -0.25) is 4.79 Å². The Hall–Kier alpha value is -1.63. The molecule has 2 aromatic rings. The highest BCUT2D eigenvalue weighted by atomic mass is 35.5. The van der Waals surface area contributed by atoms with Crippen LogP contribution in [0.25, 0.3) is 0 Å². The maximum atomic E-state index is 12.5. The van der Waals surface area contributed by atoms with Gasteiger partial charge in [0.15, 0.2) is 4.80 Å². The number of methoxy groups -OCH3 is 1. The Balaban J connectivity index is 1.85. The molecule has 1 saturated heterocycles. The fourth-order valence-electron chi connectivity index (χ4n) is 2.69. The molecule has 128 valence electrons. The van der Waals surface area contributed by atoms with E-state index >= 15 is 0 Å². The lowest BCUT2D eigenvalue weighted by Crippen LogP contribution is -2.28. The van der Waals surface area contributed by atoms with E-state index in [9.17, 15) is 4.79 Å². The summed E-state index contributed by atoms with van der Waals surface area (Å²) in [6, 6.07) is 4.93. The Morgan fingerprint density at radius 1 is 1.50 bits per heavy atom. The molecule has 0 radical (unpaired) electrons. The Bertz CT molecular complexity index is 778. The van der Waals surface area contributed by atoms with E-state index in [1.54, 1.807) is 18.2 Å². The third kappa shape index (κ3) is 4.06. The molecule has 5 nitrogen and oxygen atoms in total. The van der Waals surface area contributed by atoms with E-state index in [-0.39, 0.29) is 12.0 Å². The second-order valence-electron chi connectivity index (χ2n) is 5.59. The number of nitrogens with zero attached hydrogens (tertiary/aromatic N) is 2. The molecular weight excluding hydrogens is 348 g/mol. The molecule has 1 aromatic heterocycles. The zero-order valence-electron chi connectivity index (χ0n) is 13.4. The van der Waals surface area contributed by atoms with E-state index in [2.05, 4.69) is 4.99 Å². The number of aromatic nitrogens is 1. The minimum Gasteiger partial charge on any atom is -0.496 e. The van der Waals surface area contributed by atoms with Crippen molar-refractivity contribution in [3.05, 3.63) is 45.2 Å². The monoisotopic (exact) mass is 366 g/mol. The van der Waals surface area contributed by atoms with Crippen molar-refractivity contribution >= 4 is 28.8 Å². The fraction of sp³-hybridized carbons (Fsp3) is 0.412. The molecule has 1 aliphatic rings. The average molecular weight is 367 g/mol. The zero-order valence-corrected chi connectivity index (χ0v) is 15.0. The largest absolute Gasteiger partial charge is 0.496 e. The predicted octanol–water partition coefficient (Wildman–Crippen LogP) is 3.52. The number of carbonyl (C=O) groups is 1. The normalized spacial score (nSPS) is 18.6. The van der Waals surface area contributed by atoms with Crippen molar-refractivity contribution in [1.82, 2.24) is 4.57 Å². The van der Waals surface area contributed by atoms with Crippen LogP contribution in [-0.4, -0.2) is 30.3 Å². The van der Waals surface area contributed by atoms with Gasteiger partial charge in [-0.05, 0) is 37.5 Å². The molecule has 1 unspecified atom stereocenters. The van der Waals surface area contributed by atoms with Gasteiger partial charge in [0.05, 0.1) is 25.3 Å². The summed E-state index contributed by atoms with van der Waals surface area (Å²) in [4.78, 5) is 17.4. The number of ether oxygens (including phenoxy) is 2. The molecule has 7 heteroatoms. The van der Waals surface area contributed by atoms with Gasteiger partial charge in [0.1, 0.15) is 5.75 Å². The lowest BCUT2D eigenvalue weighted by Gasteiger charge is -2.22. The van der Waals surface area contributed by atoms with Crippen LogP contribution in [0.5, 0.6) is 5.75 Å². The molecule has 1 fully saturated rings. The summed E-state index contributed by atoms with van der Waals surface area (Å²) >= 11 is 7.42. The molecule has 24 heavy (non-hydrogen) atoms. The van der Waals surface area contributed by atoms with Gasteiger partial charge in [0.2, 0.25) is 0 Å². The lowest BCUT2D eigenvalue weighted by atomic mass is 10.1. The molecular formula is C17H19ClN2O3S. The van der Waals surface area contributed by atoms with Crippen LogP contribution >= 0.6 is 22.9 Å². The first-order valence-corrected chi connectivity index (χ1v) is 9.11. The van der Waals surface area contributed by atoms with Crippen molar-refractivity contribution in [2.75, 3.05) is 13.7 Å². The van der Waals surface area contributed by atoms with Gasteiger partial charge in [0.25, 0.3) is 5.91 Å². The molecule has 2 heterocycles. The highest BCUT2D eigenvalue weighted by Gasteiger charge is 2.16. The van der Waals surface area contributed by atoms with Gasteiger partial charge < -0.3 is 14.0 Å². The molecule has 0 bridgehead atoms. The van der Waals surface area contributed by atoms with Gasteiger partial charge in [-0.2, -0.15) is 4.99 Å². The number of hydrogen-bond acceptors (Lipinski definition) is 4. The lowest BCUT2D eigenvalue weighted by molar-refractivity contribution is 0.00555. The Labute approximate surface area is 149 Å². The van der Waals surface area contributed by atoms with E-state index < -0.39 is 0 Å². The van der Waals surface area contributed by atoms with Crippen LogP contribution in [0.3, 0.4) is 0 Å². The first-order valence-electron chi connectivity index (χ1n) is 7.85. The number of carbonyl (C=O) groups excluding carboxylic acids is 1. The van der Waals surface area contributed by atoms with Crippen molar-refractivity contribution in [3.63, 3.8) is 0 Å². The molecule has 1 aliphatic heterocycles. The summed E-state index contributed by atoms with van der Waals surface area (Å²) in [5.74, 6) is 0.0991.